The third kappa shape index (κ3) is 5.20. The molecule has 0 spiro atoms. The summed E-state index contributed by atoms with van der Waals surface area (Å²) < 4.78 is 82.9. The fourth-order valence-corrected chi connectivity index (χ4v) is 2.66. The largest absolute Gasteiger partial charge is 0.466 e. The molecule has 0 unspecified atom stereocenters. The van der Waals surface area contributed by atoms with E-state index < -0.39 is 46.8 Å². The number of rotatable bonds is 4. The van der Waals surface area contributed by atoms with Crippen molar-refractivity contribution < 1.29 is 45.8 Å². The molecule has 3 N–H and O–H groups in total. The molecule has 0 radical (unpaired) electrons. The number of ether oxygens (including phenoxy) is 1. The van der Waals surface area contributed by atoms with Crippen LogP contribution in [-0.2, 0) is 21.3 Å². The van der Waals surface area contributed by atoms with E-state index in [-0.39, 0.29) is 10.7 Å². The van der Waals surface area contributed by atoms with Crippen LogP contribution in [0.15, 0.2) is 42.5 Å². The van der Waals surface area contributed by atoms with Crippen molar-refractivity contribution in [3.8, 4) is 0 Å². The average Bonchev–Trinajstić information content (AvgIpc) is 2.67. The van der Waals surface area contributed by atoms with E-state index in [1.165, 1.54) is 0 Å². The van der Waals surface area contributed by atoms with Gasteiger partial charge in [0.15, 0.2) is 0 Å². The molecular weight excluding hydrogens is 458 g/mol. The molecule has 0 bridgehead atoms. The fourth-order valence-electron chi connectivity index (χ4n) is 2.48. The van der Waals surface area contributed by atoms with E-state index in [2.05, 4.69) is 10.1 Å². The van der Waals surface area contributed by atoms with Gasteiger partial charge < -0.3 is 20.5 Å². The van der Waals surface area contributed by atoms with Crippen LogP contribution in [0.3, 0.4) is 0 Å². The predicted molar refractivity (Wildman–Crippen MR) is 97.5 cm³/mol. The number of esters is 1. The lowest BCUT2D eigenvalue weighted by Gasteiger charge is -2.28. The number of methoxy groups -OCH3 is 1. The van der Waals surface area contributed by atoms with E-state index in [9.17, 15) is 41.0 Å². The summed E-state index contributed by atoms with van der Waals surface area (Å²) in [6.07, 6.45) is -10.2. The number of halogens is 7. The Morgan fingerprint density at radius 3 is 2.03 bits per heavy atom. The summed E-state index contributed by atoms with van der Waals surface area (Å²) in [5.41, 5.74) is -6.80. The molecule has 0 aliphatic heterocycles. The van der Waals surface area contributed by atoms with Crippen molar-refractivity contribution in [3.05, 3.63) is 58.6 Å². The van der Waals surface area contributed by atoms with Crippen molar-refractivity contribution >= 4 is 35.0 Å². The highest BCUT2D eigenvalue weighted by atomic mass is 35.5. The van der Waals surface area contributed by atoms with E-state index in [0.717, 1.165) is 24.3 Å². The minimum absolute atomic E-state index is 0.141. The second-order valence-corrected chi connectivity index (χ2v) is 6.48. The third-order valence-corrected chi connectivity index (χ3v) is 4.22. The number of hydrogen-bond donors (Lipinski definition) is 3. The molecule has 1 atom stereocenters. The van der Waals surface area contributed by atoms with Crippen molar-refractivity contribution in [3.63, 3.8) is 0 Å². The van der Waals surface area contributed by atoms with Crippen LogP contribution in [0.2, 0.25) is 5.02 Å². The Bertz CT molecular complexity index is 978. The smallest absolute Gasteiger partial charge is 0.432 e. The summed E-state index contributed by atoms with van der Waals surface area (Å²) >= 11 is 5.54. The Labute approximate surface area is 175 Å². The number of hydrogen-bond acceptors (Lipinski definition) is 4. The first-order valence-corrected chi connectivity index (χ1v) is 8.50. The Hall–Kier alpha value is -2.99. The number of alkyl halides is 6. The molecule has 0 aliphatic carbocycles. The highest BCUT2D eigenvalue weighted by Gasteiger charge is 2.62. The summed E-state index contributed by atoms with van der Waals surface area (Å²) in [6, 6.07) is 4.71. The van der Waals surface area contributed by atoms with Crippen molar-refractivity contribution in [2.75, 3.05) is 17.7 Å². The van der Waals surface area contributed by atoms with Crippen LogP contribution in [0.25, 0.3) is 0 Å². The van der Waals surface area contributed by atoms with Gasteiger partial charge in [-0.05, 0) is 30.3 Å². The average molecular weight is 471 g/mol. The number of carbonyl (C=O) groups excluding carboxylic acids is 2. The summed E-state index contributed by atoms with van der Waals surface area (Å²) in [5, 5.41) is 13.7. The number of benzene rings is 2. The maximum Gasteiger partial charge on any atom is 0.432 e. The number of anilines is 2. The van der Waals surface area contributed by atoms with Gasteiger partial charge in [-0.25, -0.2) is 9.59 Å². The molecule has 13 heteroatoms. The number of nitrogens with one attached hydrogen (secondary N) is 2. The van der Waals surface area contributed by atoms with E-state index >= 15 is 0 Å². The van der Waals surface area contributed by atoms with Crippen molar-refractivity contribution in [1.82, 2.24) is 0 Å². The first kappa shape index (κ1) is 24.3. The molecule has 0 heterocycles. The van der Waals surface area contributed by atoms with Crippen molar-refractivity contribution in [1.29, 1.82) is 0 Å². The molecule has 0 fully saturated rings. The van der Waals surface area contributed by atoms with Crippen LogP contribution in [-0.4, -0.2) is 30.4 Å². The van der Waals surface area contributed by atoms with Gasteiger partial charge in [0, 0.05) is 16.3 Å². The Morgan fingerprint density at radius 1 is 0.968 bits per heavy atom. The maximum absolute atomic E-state index is 13.2. The van der Waals surface area contributed by atoms with Crippen LogP contribution in [0.5, 0.6) is 0 Å². The standard InChI is InChI=1S/C18H13ClF6N2O4/c1-31-14(28)16(30,18(23,24)25)9-2-5-11(6-3-9)26-15(29)27-13-7-4-10(19)8-12(13)17(20,21)22/h2-8,30H,1H3,(H2,26,27,29)/t16-/m1/s1. The predicted octanol–water partition coefficient (Wildman–Crippen LogP) is 4.93. The molecule has 2 amide bonds. The Balaban J connectivity index is 2.23. The van der Waals surface area contributed by atoms with Crippen LogP contribution in [0.1, 0.15) is 11.1 Å². The third-order valence-electron chi connectivity index (χ3n) is 3.99. The van der Waals surface area contributed by atoms with Crippen LogP contribution in [0, 0.1) is 0 Å². The lowest BCUT2D eigenvalue weighted by atomic mass is 9.93. The van der Waals surface area contributed by atoms with Gasteiger partial charge in [0.1, 0.15) is 0 Å². The van der Waals surface area contributed by atoms with Gasteiger partial charge in [-0.3, -0.25) is 0 Å². The van der Waals surface area contributed by atoms with Crippen molar-refractivity contribution in [2.24, 2.45) is 0 Å². The normalized spacial score (nSPS) is 13.8. The van der Waals surface area contributed by atoms with Gasteiger partial charge in [0.05, 0.1) is 18.4 Å². The summed E-state index contributed by atoms with van der Waals surface area (Å²) in [5.74, 6) is -1.97. The quantitative estimate of drug-likeness (QED) is 0.437. The Morgan fingerprint density at radius 2 is 1.55 bits per heavy atom. The van der Waals surface area contributed by atoms with E-state index in [1.807, 2.05) is 5.32 Å². The number of urea groups is 1. The molecule has 0 aliphatic rings. The minimum atomic E-state index is -5.41. The monoisotopic (exact) mass is 470 g/mol. The maximum atomic E-state index is 13.2. The second kappa shape index (κ2) is 8.63. The van der Waals surface area contributed by atoms with Gasteiger partial charge in [-0.15, -0.1) is 0 Å². The van der Waals surface area contributed by atoms with E-state index in [1.54, 1.807) is 0 Å². The highest BCUT2D eigenvalue weighted by Crippen LogP contribution is 2.40. The summed E-state index contributed by atoms with van der Waals surface area (Å²) in [7, 11) is 0.658. The first-order chi connectivity index (χ1) is 14.2. The summed E-state index contributed by atoms with van der Waals surface area (Å²) in [4.78, 5) is 23.5. The van der Waals surface area contributed by atoms with Gasteiger partial charge in [0.25, 0.3) is 5.60 Å². The fraction of sp³-hybridized carbons (Fsp3) is 0.222. The van der Waals surface area contributed by atoms with E-state index in [4.69, 9.17) is 11.6 Å². The van der Waals surface area contributed by atoms with Gasteiger partial charge in [0.2, 0.25) is 0 Å². The minimum Gasteiger partial charge on any atom is -0.466 e. The van der Waals surface area contributed by atoms with Crippen LogP contribution >= 0.6 is 11.6 Å². The molecule has 168 valence electrons. The molecule has 31 heavy (non-hydrogen) atoms. The first-order valence-electron chi connectivity index (χ1n) is 8.13. The second-order valence-electron chi connectivity index (χ2n) is 6.04. The summed E-state index contributed by atoms with van der Waals surface area (Å²) in [6.45, 7) is 0. The number of amides is 2. The highest BCUT2D eigenvalue weighted by molar-refractivity contribution is 6.30. The zero-order valence-electron chi connectivity index (χ0n) is 15.4. The van der Waals surface area contributed by atoms with Crippen LogP contribution < -0.4 is 10.6 Å². The van der Waals surface area contributed by atoms with Crippen LogP contribution in [0.4, 0.5) is 42.5 Å². The topological polar surface area (TPSA) is 87.7 Å². The molecule has 0 saturated heterocycles. The van der Waals surface area contributed by atoms with E-state index in [0.29, 0.717) is 25.3 Å². The molecule has 0 aromatic heterocycles. The Kier molecular flexibility index (Phi) is 6.76. The molecule has 2 rings (SSSR count). The molecule has 2 aromatic rings. The molecule has 2 aromatic carbocycles. The number of aliphatic hydroxyl groups is 1. The molecular formula is C18H13ClF6N2O4. The van der Waals surface area contributed by atoms with Gasteiger partial charge >= 0.3 is 24.4 Å². The number of carbonyl (C=O) groups is 2. The lowest BCUT2D eigenvalue weighted by Crippen LogP contribution is -2.49. The zero-order valence-corrected chi connectivity index (χ0v) is 16.1. The molecule has 6 nitrogen and oxygen atoms in total. The molecule has 0 saturated carbocycles. The van der Waals surface area contributed by atoms with Gasteiger partial charge in [-0.2, -0.15) is 26.3 Å². The SMILES string of the molecule is COC(=O)[C@](O)(c1ccc(NC(=O)Nc2ccc(Cl)cc2C(F)(F)F)cc1)C(F)(F)F. The van der Waals surface area contributed by atoms with Crippen molar-refractivity contribution in [2.45, 2.75) is 18.0 Å². The van der Waals surface area contributed by atoms with Gasteiger partial charge in [-0.1, -0.05) is 23.7 Å². The zero-order chi connectivity index (χ0) is 23.6. The lowest BCUT2D eigenvalue weighted by molar-refractivity contribution is -0.266.